The highest BCUT2D eigenvalue weighted by Crippen LogP contribution is 2.70. The SMILES string of the molecule is Cn1nc(CC23CC4CC(C)(CC(C)(C4)C2)C3)cc1N. The first-order chi connectivity index (χ1) is 9.29. The first-order valence-electron chi connectivity index (χ1n) is 8.07. The van der Waals surface area contributed by atoms with E-state index >= 15 is 0 Å². The molecule has 0 radical (unpaired) electrons. The molecule has 4 aliphatic carbocycles. The molecule has 0 aliphatic heterocycles. The van der Waals surface area contributed by atoms with Crippen molar-refractivity contribution in [3.05, 3.63) is 11.8 Å². The Labute approximate surface area is 121 Å². The maximum Gasteiger partial charge on any atom is 0.121 e. The van der Waals surface area contributed by atoms with Gasteiger partial charge in [-0.2, -0.15) is 5.10 Å². The van der Waals surface area contributed by atoms with Gasteiger partial charge in [-0.25, -0.2) is 0 Å². The smallest absolute Gasteiger partial charge is 0.121 e. The van der Waals surface area contributed by atoms with Crippen LogP contribution in [0.15, 0.2) is 6.07 Å². The molecule has 4 bridgehead atoms. The van der Waals surface area contributed by atoms with E-state index in [1.165, 1.54) is 44.2 Å². The van der Waals surface area contributed by atoms with Crippen molar-refractivity contribution in [1.29, 1.82) is 0 Å². The van der Waals surface area contributed by atoms with Crippen LogP contribution in [0.5, 0.6) is 0 Å². The lowest BCUT2D eigenvalue weighted by Crippen LogP contribution is -2.55. The monoisotopic (exact) mass is 273 g/mol. The van der Waals surface area contributed by atoms with Gasteiger partial charge in [0, 0.05) is 13.1 Å². The van der Waals surface area contributed by atoms with Crippen LogP contribution in [0, 0.1) is 22.2 Å². The van der Waals surface area contributed by atoms with Gasteiger partial charge in [0.05, 0.1) is 5.69 Å². The van der Waals surface area contributed by atoms with Gasteiger partial charge in [-0.05, 0) is 67.1 Å². The molecule has 1 aromatic rings. The first kappa shape index (κ1) is 12.7. The van der Waals surface area contributed by atoms with Crippen LogP contribution in [0.4, 0.5) is 5.82 Å². The summed E-state index contributed by atoms with van der Waals surface area (Å²) in [4.78, 5) is 0. The fraction of sp³-hybridized carbons (Fsp3) is 0.824. The Morgan fingerprint density at radius 1 is 1.20 bits per heavy atom. The highest BCUT2D eigenvalue weighted by Gasteiger charge is 2.59. The van der Waals surface area contributed by atoms with E-state index in [1.807, 2.05) is 11.7 Å². The Bertz CT molecular complexity index is 521. The summed E-state index contributed by atoms with van der Waals surface area (Å²) >= 11 is 0. The van der Waals surface area contributed by atoms with Gasteiger partial charge in [0.25, 0.3) is 0 Å². The predicted octanol–water partition coefficient (Wildman–Crippen LogP) is 3.54. The topological polar surface area (TPSA) is 43.8 Å². The summed E-state index contributed by atoms with van der Waals surface area (Å²) < 4.78 is 1.82. The molecule has 4 saturated carbocycles. The molecular formula is C17H27N3. The molecule has 110 valence electrons. The van der Waals surface area contributed by atoms with Crippen LogP contribution in [-0.4, -0.2) is 9.78 Å². The van der Waals surface area contributed by atoms with E-state index < -0.39 is 0 Å². The lowest BCUT2D eigenvalue weighted by molar-refractivity contribution is -0.144. The average molecular weight is 273 g/mol. The molecule has 1 aromatic heterocycles. The number of nitrogens with two attached hydrogens (primary N) is 1. The molecule has 0 aromatic carbocycles. The summed E-state index contributed by atoms with van der Waals surface area (Å²) in [6.45, 7) is 5.08. The third-order valence-corrected chi connectivity index (χ3v) is 6.26. The van der Waals surface area contributed by atoms with E-state index in [-0.39, 0.29) is 0 Å². The van der Waals surface area contributed by atoms with E-state index in [1.54, 1.807) is 0 Å². The average Bonchev–Trinajstić information content (AvgIpc) is 2.50. The number of rotatable bonds is 2. The highest BCUT2D eigenvalue weighted by molar-refractivity contribution is 5.31. The van der Waals surface area contributed by atoms with E-state index in [9.17, 15) is 0 Å². The second-order valence-electron chi connectivity index (χ2n) is 8.99. The van der Waals surface area contributed by atoms with Crippen molar-refractivity contribution >= 4 is 5.82 Å². The normalized spacial score (nSPS) is 46.0. The van der Waals surface area contributed by atoms with Gasteiger partial charge in [0.15, 0.2) is 0 Å². The van der Waals surface area contributed by atoms with Crippen LogP contribution in [0.3, 0.4) is 0 Å². The molecule has 20 heavy (non-hydrogen) atoms. The summed E-state index contributed by atoms with van der Waals surface area (Å²) in [5.74, 6) is 1.75. The molecule has 3 heteroatoms. The van der Waals surface area contributed by atoms with Crippen molar-refractivity contribution in [3.8, 4) is 0 Å². The van der Waals surface area contributed by atoms with E-state index in [4.69, 9.17) is 5.73 Å². The highest BCUT2D eigenvalue weighted by atomic mass is 15.3. The largest absolute Gasteiger partial charge is 0.384 e. The minimum Gasteiger partial charge on any atom is -0.384 e. The molecule has 3 nitrogen and oxygen atoms in total. The standard InChI is InChI=1S/C17H27N3/c1-15-5-12-6-16(2,9-15)11-17(7-12,10-15)8-13-4-14(18)20(3)19-13/h4,12H,5-11,18H2,1-3H3. The number of nitrogens with zero attached hydrogens (tertiary/aromatic N) is 2. The van der Waals surface area contributed by atoms with Gasteiger partial charge in [0.1, 0.15) is 5.82 Å². The van der Waals surface area contributed by atoms with Gasteiger partial charge in [-0.3, -0.25) is 4.68 Å². The fourth-order valence-electron chi connectivity index (χ4n) is 6.90. The lowest BCUT2D eigenvalue weighted by Gasteiger charge is -2.65. The Balaban J connectivity index is 1.67. The molecule has 4 fully saturated rings. The zero-order valence-electron chi connectivity index (χ0n) is 13.1. The van der Waals surface area contributed by atoms with Crippen LogP contribution in [-0.2, 0) is 13.5 Å². The zero-order valence-corrected chi connectivity index (χ0v) is 13.1. The fourth-order valence-corrected chi connectivity index (χ4v) is 6.90. The first-order valence-corrected chi connectivity index (χ1v) is 8.07. The van der Waals surface area contributed by atoms with Crippen molar-refractivity contribution in [3.63, 3.8) is 0 Å². The van der Waals surface area contributed by atoms with Gasteiger partial charge in [-0.1, -0.05) is 13.8 Å². The molecule has 0 amide bonds. The van der Waals surface area contributed by atoms with Crippen molar-refractivity contribution in [2.45, 2.75) is 58.8 Å². The van der Waals surface area contributed by atoms with Gasteiger partial charge in [0.2, 0.25) is 0 Å². The van der Waals surface area contributed by atoms with E-state index in [0.717, 1.165) is 18.2 Å². The Morgan fingerprint density at radius 2 is 1.85 bits per heavy atom. The summed E-state index contributed by atoms with van der Waals surface area (Å²) in [5.41, 5.74) is 8.85. The molecule has 2 N–H and O–H groups in total. The number of nitrogen functional groups attached to an aromatic ring is 1. The second kappa shape index (κ2) is 3.61. The summed E-state index contributed by atoms with van der Waals surface area (Å²) in [5, 5.41) is 4.62. The number of hydrogen-bond donors (Lipinski definition) is 1. The Morgan fingerprint density at radius 3 is 2.35 bits per heavy atom. The molecule has 0 saturated heterocycles. The zero-order chi connectivity index (χ0) is 14.2. The number of aromatic nitrogens is 2. The maximum absolute atomic E-state index is 5.96. The number of aryl methyl sites for hydroxylation is 1. The molecular weight excluding hydrogens is 246 g/mol. The van der Waals surface area contributed by atoms with Gasteiger partial charge in [-0.15, -0.1) is 0 Å². The Hall–Kier alpha value is -0.990. The lowest BCUT2D eigenvalue weighted by atomic mass is 9.40. The second-order valence-corrected chi connectivity index (χ2v) is 8.99. The quantitative estimate of drug-likeness (QED) is 0.895. The molecule has 0 spiro atoms. The molecule has 1 heterocycles. The molecule has 2 unspecified atom stereocenters. The predicted molar refractivity (Wildman–Crippen MR) is 81.2 cm³/mol. The minimum atomic E-state index is 0.504. The van der Waals surface area contributed by atoms with E-state index in [2.05, 4.69) is 25.0 Å². The van der Waals surface area contributed by atoms with Crippen LogP contribution in [0.1, 0.15) is 58.1 Å². The molecule has 4 aliphatic rings. The minimum absolute atomic E-state index is 0.504. The number of anilines is 1. The van der Waals surface area contributed by atoms with Crippen LogP contribution in [0.25, 0.3) is 0 Å². The molecule has 2 atom stereocenters. The summed E-state index contributed by atoms with van der Waals surface area (Å²) in [7, 11) is 1.95. The molecule has 5 rings (SSSR count). The van der Waals surface area contributed by atoms with Crippen LogP contribution in [0.2, 0.25) is 0 Å². The van der Waals surface area contributed by atoms with E-state index in [0.29, 0.717) is 16.2 Å². The third-order valence-electron chi connectivity index (χ3n) is 6.26. The summed E-state index contributed by atoms with van der Waals surface area (Å²) in [6, 6.07) is 2.09. The van der Waals surface area contributed by atoms with Gasteiger partial charge >= 0.3 is 0 Å². The van der Waals surface area contributed by atoms with Crippen LogP contribution >= 0.6 is 0 Å². The summed E-state index contributed by atoms with van der Waals surface area (Å²) in [6.07, 6.45) is 9.76. The van der Waals surface area contributed by atoms with Gasteiger partial charge < -0.3 is 5.73 Å². The van der Waals surface area contributed by atoms with Crippen molar-refractivity contribution in [2.24, 2.45) is 29.2 Å². The number of hydrogen-bond acceptors (Lipinski definition) is 2. The third kappa shape index (κ3) is 1.82. The van der Waals surface area contributed by atoms with Crippen molar-refractivity contribution in [2.75, 3.05) is 5.73 Å². The maximum atomic E-state index is 5.96. The van der Waals surface area contributed by atoms with Crippen molar-refractivity contribution < 1.29 is 0 Å². The van der Waals surface area contributed by atoms with Crippen LogP contribution < -0.4 is 5.73 Å². The van der Waals surface area contributed by atoms with Crippen molar-refractivity contribution in [1.82, 2.24) is 9.78 Å². The Kier molecular flexibility index (Phi) is 2.30.